The van der Waals surface area contributed by atoms with Crippen LogP contribution in [0.25, 0.3) is 0 Å². The molecule has 0 spiro atoms. The Balaban J connectivity index is 3.02. The third-order valence-electron chi connectivity index (χ3n) is 2.16. The molecule has 1 aromatic rings. The van der Waals surface area contributed by atoms with Gasteiger partial charge in [-0.1, -0.05) is 11.6 Å². The van der Waals surface area contributed by atoms with Crippen LogP contribution >= 0.6 is 15.9 Å². The van der Waals surface area contributed by atoms with E-state index in [1.807, 2.05) is 6.92 Å². The van der Waals surface area contributed by atoms with Gasteiger partial charge in [-0.3, -0.25) is 10.1 Å². The number of nitro groups is 1. The van der Waals surface area contributed by atoms with Crippen LogP contribution < -0.4 is 5.73 Å². The Labute approximate surface area is 102 Å². The summed E-state index contributed by atoms with van der Waals surface area (Å²) in [5.74, 6) is 0. The molecule has 0 saturated carbocycles. The summed E-state index contributed by atoms with van der Waals surface area (Å²) in [4.78, 5) is 10.3. The van der Waals surface area contributed by atoms with Crippen LogP contribution in [0.4, 0.5) is 5.69 Å². The van der Waals surface area contributed by atoms with E-state index < -0.39 is 4.92 Å². The van der Waals surface area contributed by atoms with Gasteiger partial charge in [-0.15, -0.1) is 6.58 Å². The lowest BCUT2D eigenvalue weighted by molar-refractivity contribution is -0.385. The van der Waals surface area contributed by atoms with Crippen molar-refractivity contribution in [3.05, 3.63) is 50.5 Å². The molecule has 0 aromatic heterocycles. The highest BCUT2D eigenvalue weighted by atomic mass is 79.9. The predicted octanol–water partition coefficient (Wildman–Crippen LogP) is 3.32. The van der Waals surface area contributed by atoms with Gasteiger partial charge in [0.15, 0.2) is 0 Å². The molecule has 0 aliphatic carbocycles. The molecule has 5 heteroatoms. The van der Waals surface area contributed by atoms with Gasteiger partial charge in [-0.25, -0.2) is 0 Å². The second kappa shape index (κ2) is 5.23. The van der Waals surface area contributed by atoms with Crippen LogP contribution in [-0.2, 0) is 0 Å². The van der Waals surface area contributed by atoms with Crippen LogP contribution in [0, 0.1) is 10.1 Å². The second-order valence-corrected chi connectivity index (χ2v) is 4.59. The van der Waals surface area contributed by atoms with Crippen LogP contribution in [0.1, 0.15) is 24.9 Å². The van der Waals surface area contributed by atoms with Gasteiger partial charge in [0, 0.05) is 12.1 Å². The molecule has 0 aliphatic heterocycles. The Morgan fingerprint density at radius 1 is 1.69 bits per heavy atom. The fourth-order valence-electron chi connectivity index (χ4n) is 1.39. The molecule has 4 nitrogen and oxygen atoms in total. The summed E-state index contributed by atoms with van der Waals surface area (Å²) in [6, 6.07) is 4.68. The minimum atomic E-state index is -0.429. The van der Waals surface area contributed by atoms with Crippen LogP contribution in [-0.4, -0.2) is 4.92 Å². The van der Waals surface area contributed by atoms with Gasteiger partial charge in [-0.05, 0) is 40.9 Å². The van der Waals surface area contributed by atoms with E-state index in [2.05, 4.69) is 22.5 Å². The lowest BCUT2D eigenvalue weighted by Gasteiger charge is -2.11. The molecule has 1 aromatic carbocycles. The number of hydrogen-bond donors (Lipinski definition) is 1. The summed E-state index contributed by atoms with van der Waals surface area (Å²) in [6.45, 7) is 5.65. The maximum atomic E-state index is 10.7. The summed E-state index contributed by atoms with van der Waals surface area (Å²) >= 11 is 3.13. The summed E-state index contributed by atoms with van der Waals surface area (Å²) in [5, 5.41) is 10.7. The van der Waals surface area contributed by atoms with E-state index in [0.717, 1.165) is 11.1 Å². The van der Waals surface area contributed by atoms with E-state index >= 15 is 0 Å². The lowest BCUT2D eigenvalue weighted by atomic mass is 10.0. The average Bonchev–Trinajstić information content (AvgIpc) is 2.16. The number of nitrogens with zero attached hydrogens (tertiary/aromatic N) is 1. The average molecular weight is 285 g/mol. The van der Waals surface area contributed by atoms with Gasteiger partial charge in [0.2, 0.25) is 0 Å². The van der Waals surface area contributed by atoms with Crippen molar-refractivity contribution in [3.8, 4) is 0 Å². The summed E-state index contributed by atoms with van der Waals surface area (Å²) in [5.41, 5.74) is 7.66. The predicted molar refractivity (Wildman–Crippen MR) is 67.2 cm³/mol. The molecule has 0 saturated heterocycles. The number of benzene rings is 1. The van der Waals surface area contributed by atoms with E-state index in [9.17, 15) is 10.1 Å². The first-order chi connectivity index (χ1) is 7.41. The molecule has 0 unspecified atom stereocenters. The van der Waals surface area contributed by atoms with Gasteiger partial charge in [0.05, 0.1) is 9.40 Å². The maximum absolute atomic E-state index is 10.7. The Bertz CT molecular complexity index is 432. The quantitative estimate of drug-likeness (QED) is 0.524. The van der Waals surface area contributed by atoms with Crippen molar-refractivity contribution in [1.82, 2.24) is 0 Å². The van der Waals surface area contributed by atoms with E-state index in [1.165, 1.54) is 6.07 Å². The van der Waals surface area contributed by atoms with Crippen LogP contribution in [0.3, 0.4) is 0 Å². The van der Waals surface area contributed by atoms with E-state index in [1.54, 1.807) is 12.1 Å². The Morgan fingerprint density at radius 2 is 2.31 bits per heavy atom. The number of hydrogen-bond acceptors (Lipinski definition) is 3. The van der Waals surface area contributed by atoms with Crippen molar-refractivity contribution in [2.24, 2.45) is 5.73 Å². The molecule has 0 aliphatic rings. The molecular formula is C11H13BrN2O2. The first-order valence-electron chi connectivity index (χ1n) is 4.75. The zero-order chi connectivity index (χ0) is 12.3. The van der Waals surface area contributed by atoms with Crippen LogP contribution in [0.15, 0.2) is 34.8 Å². The fourth-order valence-corrected chi connectivity index (χ4v) is 1.78. The van der Waals surface area contributed by atoms with Crippen molar-refractivity contribution >= 4 is 21.6 Å². The molecule has 1 rings (SSSR count). The number of nitro benzene ring substituents is 1. The second-order valence-electron chi connectivity index (χ2n) is 3.74. The highest BCUT2D eigenvalue weighted by Gasteiger charge is 2.15. The molecule has 0 bridgehead atoms. The van der Waals surface area contributed by atoms with Crippen molar-refractivity contribution in [2.45, 2.75) is 19.4 Å². The summed E-state index contributed by atoms with van der Waals surface area (Å²) in [7, 11) is 0. The Hall–Kier alpha value is -1.20. The van der Waals surface area contributed by atoms with Crippen LogP contribution in [0.5, 0.6) is 0 Å². The fraction of sp³-hybridized carbons (Fsp3) is 0.273. The van der Waals surface area contributed by atoms with Crippen molar-refractivity contribution in [1.29, 1.82) is 0 Å². The SMILES string of the molecule is C=C(C)C[C@H](N)c1ccc(Br)c([N+](=O)[O-])c1. The largest absolute Gasteiger partial charge is 0.324 e. The maximum Gasteiger partial charge on any atom is 0.283 e. The molecule has 16 heavy (non-hydrogen) atoms. The van der Waals surface area contributed by atoms with Gasteiger partial charge in [0.25, 0.3) is 5.69 Å². The minimum absolute atomic E-state index is 0.0367. The first kappa shape index (κ1) is 12.9. The van der Waals surface area contributed by atoms with E-state index in [0.29, 0.717) is 10.9 Å². The summed E-state index contributed by atoms with van der Waals surface area (Å²) < 4.78 is 0.462. The van der Waals surface area contributed by atoms with E-state index in [-0.39, 0.29) is 11.7 Å². The Morgan fingerprint density at radius 3 is 2.81 bits per heavy atom. The summed E-state index contributed by atoms with van der Waals surface area (Å²) in [6.07, 6.45) is 0.624. The van der Waals surface area contributed by atoms with Gasteiger partial charge in [0.1, 0.15) is 0 Å². The van der Waals surface area contributed by atoms with Crippen LogP contribution in [0.2, 0.25) is 0 Å². The van der Waals surface area contributed by atoms with Crippen molar-refractivity contribution in [2.75, 3.05) is 0 Å². The van der Waals surface area contributed by atoms with Gasteiger partial charge < -0.3 is 5.73 Å². The zero-order valence-corrected chi connectivity index (χ0v) is 10.5. The third-order valence-corrected chi connectivity index (χ3v) is 2.83. The molecule has 2 N–H and O–H groups in total. The molecule has 86 valence electrons. The zero-order valence-electron chi connectivity index (χ0n) is 8.94. The molecule has 0 radical (unpaired) electrons. The monoisotopic (exact) mass is 284 g/mol. The highest BCUT2D eigenvalue weighted by molar-refractivity contribution is 9.10. The standard InChI is InChI=1S/C11H13BrN2O2/c1-7(2)5-10(13)8-3-4-9(12)11(6-8)14(15)16/h3-4,6,10H,1,5,13H2,2H3/t10-/m0/s1. The topological polar surface area (TPSA) is 69.2 Å². The van der Waals surface area contributed by atoms with Gasteiger partial charge >= 0.3 is 0 Å². The number of rotatable bonds is 4. The van der Waals surface area contributed by atoms with Crippen molar-refractivity contribution in [3.63, 3.8) is 0 Å². The number of halogens is 1. The third kappa shape index (κ3) is 3.15. The Kier molecular flexibility index (Phi) is 4.20. The van der Waals surface area contributed by atoms with Gasteiger partial charge in [-0.2, -0.15) is 0 Å². The molecular weight excluding hydrogens is 272 g/mol. The molecule has 0 fully saturated rings. The van der Waals surface area contributed by atoms with Crippen molar-refractivity contribution < 1.29 is 4.92 Å². The molecule has 0 amide bonds. The normalized spacial score (nSPS) is 12.2. The van der Waals surface area contributed by atoms with E-state index in [4.69, 9.17) is 5.73 Å². The highest BCUT2D eigenvalue weighted by Crippen LogP contribution is 2.29. The lowest BCUT2D eigenvalue weighted by Crippen LogP contribution is -2.10. The smallest absolute Gasteiger partial charge is 0.283 e. The molecule has 1 atom stereocenters. The minimum Gasteiger partial charge on any atom is -0.324 e. The first-order valence-corrected chi connectivity index (χ1v) is 5.55. The molecule has 0 heterocycles. The number of nitrogens with two attached hydrogens (primary N) is 1.